The first-order valence-corrected chi connectivity index (χ1v) is 10.2. The summed E-state index contributed by atoms with van der Waals surface area (Å²) in [6, 6.07) is 20.0. The lowest BCUT2D eigenvalue weighted by Gasteiger charge is -2.14. The standard InChI is InChI=1S/C25H17F3N2O3/c26-25(27,28)32-19-6-3-5-17(14-19)24(31)29-18-11-8-16(9-12-18)23-21-13-10-15-4-1-2-7-20(15)22(21)30-33-23/h1-9,11-12,14H,10,13H2,(H,29,31). The highest BCUT2D eigenvalue weighted by Crippen LogP contribution is 2.38. The smallest absolute Gasteiger partial charge is 0.406 e. The van der Waals surface area contributed by atoms with E-state index >= 15 is 0 Å². The molecule has 0 atom stereocenters. The summed E-state index contributed by atoms with van der Waals surface area (Å²) in [6.07, 6.45) is -3.10. The van der Waals surface area contributed by atoms with E-state index in [2.05, 4.69) is 21.3 Å². The number of carbonyl (C=O) groups is 1. The molecular formula is C25H17F3N2O3. The molecule has 0 saturated heterocycles. The van der Waals surface area contributed by atoms with Gasteiger partial charge in [0.1, 0.15) is 11.4 Å². The van der Waals surface area contributed by atoms with Crippen LogP contribution in [0.25, 0.3) is 22.6 Å². The molecule has 0 unspecified atom stereocenters. The van der Waals surface area contributed by atoms with E-state index in [4.69, 9.17) is 4.52 Å². The minimum Gasteiger partial charge on any atom is -0.406 e. The average Bonchev–Trinajstić information content (AvgIpc) is 3.23. The largest absolute Gasteiger partial charge is 0.573 e. The van der Waals surface area contributed by atoms with Crippen LogP contribution >= 0.6 is 0 Å². The normalized spacial score (nSPS) is 12.6. The Balaban J connectivity index is 1.33. The van der Waals surface area contributed by atoms with E-state index in [1.165, 1.54) is 17.7 Å². The highest BCUT2D eigenvalue weighted by molar-refractivity contribution is 6.04. The molecular weight excluding hydrogens is 433 g/mol. The molecule has 0 fully saturated rings. The van der Waals surface area contributed by atoms with Gasteiger partial charge in [-0.1, -0.05) is 35.5 Å². The summed E-state index contributed by atoms with van der Waals surface area (Å²) in [6.45, 7) is 0. The summed E-state index contributed by atoms with van der Waals surface area (Å²) in [7, 11) is 0. The molecule has 0 radical (unpaired) electrons. The number of benzene rings is 3. The molecule has 1 aromatic heterocycles. The third kappa shape index (κ3) is 4.32. The fraction of sp³-hybridized carbons (Fsp3) is 0.120. The van der Waals surface area contributed by atoms with Gasteiger partial charge in [-0.25, -0.2) is 0 Å². The van der Waals surface area contributed by atoms with Crippen LogP contribution < -0.4 is 10.1 Å². The van der Waals surface area contributed by atoms with Crippen molar-refractivity contribution in [2.24, 2.45) is 0 Å². The average molecular weight is 450 g/mol. The fourth-order valence-corrected chi connectivity index (χ4v) is 3.95. The molecule has 166 valence electrons. The Morgan fingerprint density at radius 3 is 2.55 bits per heavy atom. The van der Waals surface area contributed by atoms with Gasteiger partial charge in [0, 0.05) is 27.9 Å². The number of alkyl halides is 3. The van der Waals surface area contributed by atoms with Crippen molar-refractivity contribution in [2.45, 2.75) is 19.2 Å². The van der Waals surface area contributed by atoms with Crippen molar-refractivity contribution in [3.63, 3.8) is 0 Å². The van der Waals surface area contributed by atoms with Crippen molar-refractivity contribution in [3.8, 4) is 28.3 Å². The monoisotopic (exact) mass is 450 g/mol. The lowest BCUT2D eigenvalue weighted by Crippen LogP contribution is -2.18. The van der Waals surface area contributed by atoms with Gasteiger partial charge in [0.05, 0.1) is 0 Å². The molecule has 1 heterocycles. The number of nitrogens with one attached hydrogen (secondary N) is 1. The Morgan fingerprint density at radius 2 is 1.76 bits per heavy atom. The van der Waals surface area contributed by atoms with Gasteiger partial charge in [0.25, 0.3) is 5.91 Å². The molecule has 0 saturated carbocycles. The maximum Gasteiger partial charge on any atom is 0.573 e. The molecule has 5 rings (SSSR count). The molecule has 0 spiro atoms. The molecule has 3 aromatic carbocycles. The maximum atomic E-state index is 12.5. The number of ether oxygens (including phenoxy) is 1. The summed E-state index contributed by atoms with van der Waals surface area (Å²) in [5.41, 5.74) is 5.58. The topological polar surface area (TPSA) is 64.4 Å². The Morgan fingerprint density at radius 1 is 0.970 bits per heavy atom. The number of carbonyl (C=O) groups excluding carboxylic acids is 1. The number of aromatic nitrogens is 1. The minimum atomic E-state index is -4.83. The second-order valence-electron chi connectivity index (χ2n) is 7.60. The first-order valence-electron chi connectivity index (χ1n) is 10.2. The second-order valence-corrected chi connectivity index (χ2v) is 7.60. The van der Waals surface area contributed by atoms with E-state index in [-0.39, 0.29) is 5.56 Å². The zero-order valence-corrected chi connectivity index (χ0v) is 17.1. The summed E-state index contributed by atoms with van der Waals surface area (Å²) >= 11 is 0. The van der Waals surface area contributed by atoms with Crippen LogP contribution in [0.15, 0.2) is 77.3 Å². The molecule has 0 bridgehead atoms. The number of fused-ring (bicyclic) bond motifs is 3. The Kier molecular flexibility index (Phi) is 5.12. The third-order valence-electron chi connectivity index (χ3n) is 5.44. The summed E-state index contributed by atoms with van der Waals surface area (Å²) in [5, 5.41) is 6.96. The Hall–Kier alpha value is -4.07. The molecule has 33 heavy (non-hydrogen) atoms. The van der Waals surface area contributed by atoms with Crippen molar-refractivity contribution < 1.29 is 27.2 Å². The van der Waals surface area contributed by atoms with E-state index in [9.17, 15) is 18.0 Å². The van der Waals surface area contributed by atoms with E-state index in [1.54, 1.807) is 24.3 Å². The zero-order chi connectivity index (χ0) is 23.0. The van der Waals surface area contributed by atoms with Crippen LogP contribution in [-0.4, -0.2) is 17.4 Å². The summed E-state index contributed by atoms with van der Waals surface area (Å²) in [5.74, 6) is -0.319. The van der Waals surface area contributed by atoms with Gasteiger partial charge < -0.3 is 14.6 Å². The van der Waals surface area contributed by atoms with Gasteiger partial charge in [-0.15, -0.1) is 13.2 Å². The van der Waals surface area contributed by atoms with Crippen molar-refractivity contribution in [1.82, 2.24) is 5.16 Å². The zero-order valence-electron chi connectivity index (χ0n) is 17.1. The van der Waals surface area contributed by atoms with Gasteiger partial charge in [0.2, 0.25) is 0 Å². The van der Waals surface area contributed by atoms with Crippen LogP contribution in [0.4, 0.5) is 18.9 Å². The van der Waals surface area contributed by atoms with Crippen LogP contribution in [0.5, 0.6) is 5.75 Å². The van der Waals surface area contributed by atoms with E-state index in [1.807, 2.05) is 18.2 Å². The van der Waals surface area contributed by atoms with Crippen LogP contribution in [0.3, 0.4) is 0 Å². The number of anilines is 1. The molecule has 4 aromatic rings. The van der Waals surface area contributed by atoms with E-state index in [0.29, 0.717) is 11.4 Å². The number of halogens is 3. The minimum absolute atomic E-state index is 0.0452. The highest BCUT2D eigenvalue weighted by Gasteiger charge is 2.31. The SMILES string of the molecule is O=C(Nc1ccc(-c2onc3c2CCc2ccccc2-3)cc1)c1cccc(OC(F)(F)F)c1. The highest BCUT2D eigenvalue weighted by atomic mass is 19.4. The number of hydrogen-bond acceptors (Lipinski definition) is 4. The number of amides is 1. The van der Waals surface area contributed by atoms with Gasteiger partial charge in [-0.3, -0.25) is 4.79 Å². The maximum absolute atomic E-state index is 12.5. The van der Waals surface area contributed by atoms with Gasteiger partial charge in [-0.05, 0) is 60.9 Å². The quantitative estimate of drug-likeness (QED) is 0.399. The van der Waals surface area contributed by atoms with Gasteiger partial charge in [-0.2, -0.15) is 0 Å². The Labute approximate surface area is 186 Å². The molecule has 1 amide bonds. The van der Waals surface area contributed by atoms with Crippen molar-refractivity contribution in [2.75, 3.05) is 5.32 Å². The molecule has 5 nitrogen and oxygen atoms in total. The number of hydrogen-bond donors (Lipinski definition) is 1. The first kappa shape index (κ1) is 20.8. The molecule has 1 aliphatic carbocycles. The predicted octanol–water partition coefficient (Wildman–Crippen LogP) is 6.26. The lowest BCUT2D eigenvalue weighted by atomic mass is 9.88. The second kappa shape index (κ2) is 8.12. The van der Waals surface area contributed by atoms with Crippen LogP contribution in [-0.2, 0) is 12.8 Å². The molecule has 0 aliphatic heterocycles. The molecule has 1 N–H and O–H groups in total. The first-order chi connectivity index (χ1) is 15.9. The summed E-state index contributed by atoms with van der Waals surface area (Å²) < 4.78 is 46.8. The number of rotatable bonds is 4. The molecule has 8 heteroatoms. The number of nitrogens with zero attached hydrogens (tertiary/aromatic N) is 1. The predicted molar refractivity (Wildman–Crippen MR) is 116 cm³/mol. The van der Waals surface area contributed by atoms with Crippen LogP contribution in [0.1, 0.15) is 21.5 Å². The Bertz CT molecular complexity index is 1330. The number of aryl methyl sites for hydroxylation is 1. The van der Waals surface area contributed by atoms with Gasteiger partial charge >= 0.3 is 6.36 Å². The van der Waals surface area contributed by atoms with Crippen molar-refractivity contribution in [1.29, 1.82) is 0 Å². The van der Waals surface area contributed by atoms with Crippen LogP contribution in [0, 0.1) is 0 Å². The van der Waals surface area contributed by atoms with Gasteiger partial charge in [0.15, 0.2) is 5.76 Å². The van der Waals surface area contributed by atoms with E-state index in [0.717, 1.165) is 47.4 Å². The van der Waals surface area contributed by atoms with Crippen molar-refractivity contribution >= 4 is 11.6 Å². The van der Waals surface area contributed by atoms with E-state index < -0.39 is 18.0 Å². The van der Waals surface area contributed by atoms with Crippen LogP contribution in [0.2, 0.25) is 0 Å². The lowest BCUT2D eigenvalue weighted by molar-refractivity contribution is -0.274. The molecule has 1 aliphatic rings. The third-order valence-corrected chi connectivity index (χ3v) is 5.44. The summed E-state index contributed by atoms with van der Waals surface area (Å²) in [4.78, 5) is 12.5. The fourth-order valence-electron chi connectivity index (χ4n) is 3.95. The van der Waals surface area contributed by atoms with Crippen molar-refractivity contribution in [3.05, 3.63) is 89.5 Å².